The number of anilines is 1. The van der Waals surface area contributed by atoms with Gasteiger partial charge in [-0.3, -0.25) is 4.79 Å². The topological polar surface area (TPSA) is 44.7 Å². The molecule has 0 unspecified atom stereocenters. The molecule has 0 aliphatic heterocycles. The highest BCUT2D eigenvalue weighted by molar-refractivity contribution is 6.05. The SMILES string of the molecule is CCN(C)/C=N/c1cc(C)c(C(=O)Nc2ccccc2)cc1C. The lowest BCUT2D eigenvalue weighted by Gasteiger charge is -2.12. The number of carbonyl (C=O) groups excluding carboxylic acids is 1. The predicted molar refractivity (Wildman–Crippen MR) is 96.8 cm³/mol. The zero-order chi connectivity index (χ0) is 16.8. The number of benzene rings is 2. The van der Waals surface area contributed by atoms with Gasteiger partial charge >= 0.3 is 0 Å². The normalized spacial score (nSPS) is 10.8. The highest BCUT2D eigenvalue weighted by Gasteiger charge is 2.11. The first-order valence-corrected chi connectivity index (χ1v) is 7.73. The van der Waals surface area contributed by atoms with Crippen LogP contribution in [-0.2, 0) is 0 Å². The third-order valence-electron chi connectivity index (χ3n) is 3.71. The number of nitrogens with zero attached hydrogens (tertiary/aromatic N) is 2. The smallest absolute Gasteiger partial charge is 0.255 e. The standard InChI is InChI=1S/C19H23N3O/c1-5-22(4)13-20-18-12-14(2)17(11-15(18)3)19(23)21-16-9-7-6-8-10-16/h6-13H,5H2,1-4H3,(H,21,23)/b20-13+. The highest BCUT2D eigenvalue weighted by Crippen LogP contribution is 2.24. The average Bonchev–Trinajstić information content (AvgIpc) is 2.55. The molecule has 0 aliphatic carbocycles. The monoisotopic (exact) mass is 309 g/mol. The lowest BCUT2D eigenvalue weighted by Crippen LogP contribution is -2.15. The van der Waals surface area contributed by atoms with Gasteiger partial charge in [0.2, 0.25) is 0 Å². The second-order valence-electron chi connectivity index (χ2n) is 5.59. The maximum absolute atomic E-state index is 12.5. The number of hydrogen-bond acceptors (Lipinski definition) is 2. The molecule has 2 aromatic rings. The van der Waals surface area contributed by atoms with Crippen LogP contribution in [0.3, 0.4) is 0 Å². The number of nitrogens with one attached hydrogen (secondary N) is 1. The molecule has 2 aromatic carbocycles. The molecule has 0 saturated carbocycles. The van der Waals surface area contributed by atoms with Crippen LogP contribution in [0.2, 0.25) is 0 Å². The van der Waals surface area contributed by atoms with Gasteiger partial charge in [-0.15, -0.1) is 0 Å². The van der Waals surface area contributed by atoms with Crippen LogP contribution in [0.25, 0.3) is 0 Å². The van der Waals surface area contributed by atoms with E-state index in [0.29, 0.717) is 5.56 Å². The summed E-state index contributed by atoms with van der Waals surface area (Å²) in [6.45, 7) is 6.87. The molecule has 1 N–H and O–H groups in total. The molecule has 0 aliphatic rings. The van der Waals surface area contributed by atoms with E-state index in [1.807, 2.05) is 74.6 Å². The van der Waals surface area contributed by atoms with Crippen molar-refractivity contribution in [2.45, 2.75) is 20.8 Å². The van der Waals surface area contributed by atoms with Crippen molar-refractivity contribution >= 4 is 23.6 Å². The largest absolute Gasteiger partial charge is 0.366 e. The second kappa shape index (κ2) is 7.58. The zero-order valence-electron chi connectivity index (χ0n) is 14.1. The Morgan fingerprint density at radius 3 is 2.52 bits per heavy atom. The molecule has 0 spiro atoms. The van der Waals surface area contributed by atoms with Gasteiger partial charge in [0.1, 0.15) is 0 Å². The minimum absolute atomic E-state index is 0.0991. The van der Waals surface area contributed by atoms with E-state index in [4.69, 9.17) is 0 Å². The fourth-order valence-electron chi connectivity index (χ4n) is 2.15. The van der Waals surface area contributed by atoms with E-state index < -0.39 is 0 Å². The first-order valence-electron chi connectivity index (χ1n) is 7.73. The van der Waals surface area contributed by atoms with E-state index in [9.17, 15) is 4.79 Å². The summed E-state index contributed by atoms with van der Waals surface area (Å²) in [5.41, 5.74) is 4.25. The minimum Gasteiger partial charge on any atom is -0.366 e. The fraction of sp³-hybridized carbons (Fsp3) is 0.263. The van der Waals surface area contributed by atoms with Crippen LogP contribution in [-0.4, -0.2) is 30.7 Å². The molecule has 0 bridgehead atoms. The Morgan fingerprint density at radius 2 is 1.87 bits per heavy atom. The third kappa shape index (κ3) is 4.42. The number of aryl methyl sites for hydroxylation is 2. The Hall–Kier alpha value is -2.62. The van der Waals surface area contributed by atoms with E-state index in [1.54, 1.807) is 0 Å². The summed E-state index contributed by atoms with van der Waals surface area (Å²) >= 11 is 0. The minimum atomic E-state index is -0.0991. The van der Waals surface area contributed by atoms with E-state index in [2.05, 4.69) is 17.2 Å². The van der Waals surface area contributed by atoms with Gasteiger partial charge in [-0.1, -0.05) is 18.2 Å². The second-order valence-corrected chi connectivity index (χ2v) is 5.59. The predicted octanol–water partition coefficient (Wildman–Crippen LogP) is 4.17. The molecule has 0 radical (unpaired) electrons. The number of rotatable bonds is 5. The van der Waals surface area contributed by atoms with Crippen molar-refractivity contribution in [3.05, 3.63) is 59.2 Å². The summed E-state index contributed by atoms with van der Waals surface area (Å²) in [7, 11) is 1.98. The van der Waals surface area contributed by atoms with Crippen LogP contribution in [0.4, 0.5) is 11.4 Å². The zero-order valence-corrected chi connectivity index (χ0v) is 14.1. The summed E-state index contributed by atoms with van der Waals surface area (Å²) in [6.07, 6.45) is 1.81. The van der Waals surface area contributed by atoms with Crippen molar-refractivity contribution in [2.24, 2.45) is 4.99 Å². The lowest BCUT2D eigenvalue weighted by atomic mass is 10.0. The Labute approximate surface area is 137 Å². The maximum Gasteiger partial charge on any atom is 0.255 e. The molecule has 120 valence electrons. The van der Waals surface area contributed by atoms with Gasteiger partial charge in [0.05, 0.1) is 12.0 Å². The molecule has 4 nitrogen and oxygen atoms in total. The van der Waals surface area contributed by atoms with Crippen molar-refractivity contribution in [3.8, 4) is 0 Å². The van der Waals surface area contributed by atoms with Crippen LogP contribution in [0.5, 0.6) is 0 Å². The van der Waals surface area contributed by atoms with E-state index in [-0.39, 0.29) is 5.91 Å². The molecule has 0 atom stereocenters. The van der Waals surface area contributed by atoms with Crippen LogP contribution >= 0.6 is 0 Å². The summed E-state index contributed by atoms with van der Waals surface area (Å²) < 4.78 is 0. The number of aliphatic imine (C=N–C) groups is 1. The summed E-state index contributed by atoms with van der Waals surface area (Å²) in [6, 6.07) is 13.3. The molecule has 1 amide bonds. The Balaban J connectivity index is 2.22. The summed E-state index contributed by atoms with van der Waals surface area (Å²) in [5, 5.41) is 2.92. The number of carbonyl (C=O) groups is 1. The van der Waals surface area contributed by atoms with Crippen LogP contribution in [0, 0.1) is 13.8 Å². The molecule has 0 aromatic heterocycles. The summed E-state index contributed by atoms with van der Waals surface area (Å²) in [4.78, 5) is 18.9. The van der Waals surface area contributed by atoms with E-state index >= 15 is 0 Å². The van der Waals surface area contributed by atoms with E-state index in [0.717, 1.165) is 29.0 Å². The van der Waals surface area contributed by atoms with Crippen molar-refractivity contribution in [2.75, 3.05) is 18.9 Å². The third-order valence-corrected chi connectivity index (χ3v) is 3.71. The maximum atomic E-state index is 12.5. The Kier molecular flexibility index (Phi) is 5.52. The summed E-state index contributed by atoms with van der Waals surface area (Å²) in [5.74, 6) is -0.0991. The fourth-order valence-corrected chi connectivity index (χ4v) is 2.15. The molecule has 2 rings (SSSR count). The lowest BCUT2D eigenvalue weighted by molar-refractivity contribution is 0.102. The number of hydrogen-bond donors (Lipinski definition) is 1. The van der Waals surface area contributed by atoms with Crippen molar-refractivity contribution in [1.82, 2.24) is 4.90 Å². The van der Waals surface area contributed by atoms with Gasteiger partial charge < -0.3 is 10.2 Å². The van der Waals surface area contributed by atoms with Gasteiger partial charge in [0.15, 0.2) is 0 Å². The van der Waals surface area contributed by atoms with Gasteiger partial charge in [0.25, 0.3) is 5.91 Å². The first kappa shape index (κ1) is 16.7. The van der Waals surface area contributed by atoms with Crippen molar-refractivity contribution < 1.29 is 4.79 Å². The van der Waals surface area contributed by atoms with Gasteiger partial charge in [-0.2, -0.15) is 0 Å². The Morgan fingerprint density at radius 1 is 1.17 bits per heavy atom. The number of para-hydroxylation sites is 1. The van der Waals surface area contributed by atoms with Gasteiger partial charge in [0, 0.05) is 24.8 Å². The van der Waals surface area contributed by atoms with Crippen molar-refractivity contribution in [1.29, 1.82) is 0 Å². The van der Waals surface area contributed by atoms with Crippen molar-refractivity contribution in [3.63, 3.8) is 0 Å². The quantitative estimate of drug-likeness (QED) is 0.665. The molecule has 0 fully saturated rings. The first-order chi connectivity index (χ1) is 11.0. The number of amides is 1. The Bertz CT molecular complexity index is 708. The van der Waals surface area contributed by atoms with Crippen LogP contribution < -0.4 is 5.32 Å². The molecular weight excluding hydrogens is 286 g/mol. The molecule has 0 heterocycles. The van der Waals surface area contributed by atoms with E-state index in [1.165, 1.54) is 0 Å². The van der Waals surface area contributed by atoms with Gasteiger partial charge in [-0.25, -0.2) is 4.99 Å². The van der Waals surface area contributed by atoms with Crippen LogP contribution in [0.15, 0.2) is 47.5 Å². The van der Waals surface area contributed by atoms with Gasteiger partial charge in [-0.05, 0) is 56.2 Å². The average molecular weight is 309 g/mol. The molecule has 0 saturated heterocycles. The molecular formula is C19H23N3O. The van der Waals surface area contributed by atoms with Crippen LogP contribution in [0.1, 0.15) is 28.4 Å². The molecule has 23 heavy (non-hydrogen) atoms. The highest BCUT2D eigenvalue weighted by atomic mass is 16.1. The molecule has 4 heteroatoms.